The number of hydrogen-bond donors (Lipinski definition) is 0. The molecular weight excluding hydrogens is 420 g/mol. The molecule has 0 fully saturated rings. The summed E-state index contributed by atoms with van der Waals surface area (Å²) in [7, 11) is 0. The topological polar surface area (TPSA) is 69.5 Å². The van der Waals surface area contributed by atoms with Gasteiger partial charge in [0, 0.05) is 13.1 Å². The van der Waals surface area contributed by atoms with Crippen LogP contribution in [0, 0.1) is 5.82 Å². The van der Waals surface area contributed by atoms with Gasteiger partial charge in [-0.25, -0.2) is 9.07 Å². The van der Waals surface area contributed by atoms with Crippen LogP contribution in [0.4, 0.5) is 17.6 Å². The highest BCUT2D eigenvalue weighted by Crippen LogP contribution is 2.35. The molecule has 4 rings (SSSR count). The van der Waals surface area contributed by atoms with Crippen LogP contribution in [0.5, 0.6) is 11.5 Å². The van der Waals surface area contributed by atoms with Gasteiger partial charge in [-0.15, -0.1) is 5.10 Å². The highest BCUT2D eigenvalue weighted by Gasteiger charge is 2.42. The van der Waals surface area contributed by atoms with E-state index < -0.39 is 29.3 Å². The summed E-state index contributed by atoms with van der Waals surface area (Å²) in [6.45, 7) is 1.89. The van der Waals surface area contributed by atoms with E-state index >= 15 is 0 Å². The van der Waals surface area contributed by atoms with Crippen molar-refractivity contribution in [1.82, 2.24) is 19.9 Å². The van der Waals surface area contributed by atoms with E-state index in [1.807, 2.05) is 0 Å². The van der Waals surface area contributed by atoms with Crippen LogP contribution >= 0.6 is 0 Å². The SMILES string of the molecule is CCN(Cc1ccc2c(c1)OCO2)C(=O)c1nnn(-c2ccc(F)cc2)c1C(F)(F)F. The number of aromatic nitrogens is 3. The normalized spacial score (nSPS) is 12.8. The lowest BCUT2D eigenvalue weighted by Crippen LogP contribution is -2.32. The zero-order chi connectivity index (χ0) is 22.2. The zero-order valence-electron chi connectivity index (χ0n) is 16.2. The summed E-state index contributed by atoms with van der Waals surface area (Å²) in [6.07, 6.45) is -4.92. The molecule has 0 saturated carbocycles. The van der Waals surface area contributed by atoms with Crippen LogP contribution in [0.2, 0.25) is 0 Å². The Morgan fingerprint density at radius 2 is 1.84 bits per heavy atom. The Labute approximate surface area is 173 Å². The average Bonchev–Trinajstić information content (AvgIpc) is 3.38. The predicted octanol–water partition coefficient (Wildman–Crippen LogP) is 3.82. The van der Waals surface area contributed by atoms with E-state index in [2.05, 4.69) is 10.3 Å². The van der Waals surface area contributed by atoms with Crippen molar-refractivity contribution in [2.75, 3.05) is 13.3 Å². The number of carbonyl (C=O) groups is 1. The number of alkyl halides is 3. The van der Waals surface area contributed by atoms with Crippen LogP contribution in [0.15, 0.2) is 42.5 Å². The van der Waals surface area contributed by atoms with Crippen LogP contribution in [0.3, 0.4) is 0 Å². The first-order valence-electron chi connectivity index (χ1n) is 9.24. The smallest absolute Gasteiger partial charge is 0.435 e. The van der Waals surface area contributed by atoms with Crippen molar-refractivity contribution < 1.29 is 31.8 Å². The Kier molecular flexibility index (Phi) is 5.25. The molecule has 1 aliphatic rings. The molecule has 2 heterocycles. The molecule has 1 amide bonds. The fourth-order valence-electron chi connectivity index (χ4n) is 3.18. The summed E-state index contributed by atoms with van der Waals surface area (Å²) in [6, 6.07) is 9.27. The van der Waals surface area contributed by atoms with Crippen LogP contribution in [0.1, 0.15) is 28.7 Å². The molecular formula is C20H16F4N4O3. The highest BCUT2D eigenvalue weighted by molar-refractivity contribution is 5.93. The molecule has 0 atom stereocenters. The minimum absolute atomic E-state index is 0.0344. The lowest BCUT2D eigenvalue weighted by Gasteiger charge is -2.21. The second kappa shape index (κ2) is 7.89. The van der Waals surface area contributed by atoms with Gasteiger partial charge >= 0.3 is 6.18 Å². The highest BCUT2D eigenvalue weighted by atomic mass is 19.4. The van der Waals surface area contributed by atoms with Gasteiger partial charge in [0.1, 0.15) is 5.82 Å². The van der Waals surface area contributed by atoms with Gasteiger partial charge in [-0.2, -0.15) is 13.2 Å². The molecule has 0 unspecified atom stereocenters. The van der Waals surface area contributed by atoms with E-state index in [-0.39, 0.29) is 25.6 Å². The standard InChI is InChI=1S/C20H16F4N4O3/c1-2-27(10-12-3-8-15-16(9-12)31-11-30-15)19(29)17-18(20(22,23)24)28(26-25-17)14-6-4-13(21)5-7-14/h3-9H,2,10-11H2,1H3. The number of halogens is 4. The minimum atomic E-state index is -4.92. The van der Waals surface area contributed by atoms with Crippen molar-refractivity contribution in [2.45, 2.75) is 19.6 Å². The second-order valence-electron chi connectivity index (χ2n) is 6.68. The Morgan fingerprint density at radius 1 is 1.13 bits per heavy atom. The molecule has 11 heteroatoms. The summed E-state index contributed by atoms with van der Waals surface area (Å²) in [5.74, 6) is -0.491. The molecule has 7 nitrogen and oxygen atoms in total. The van der Waals surface area contributed by atoms with Crippen LogP contribution in [0.25, 0.3) is 5.69 Å². The molecule has 0 spiro atoms. The van der Waals surface area contributed by atoms with Gasteiger partial charge in [0.15, 0.2) is 22.9 Å². The largest absolute Gasteiger partial charge is 0.454 e. The first kappa shape index (κ1) is 20.6. The predicted molar refractivity (Wildman–Crippen MR) is 99.3 cm³/mol. The lowest BCUT2D eigenvalue weighted by molar-refractivity contribution is -0.143. The van der Waals surface area contributed by atoms with E-state index in [1.54, 1.807) is 25.1 Å². The quantitative estimate of drug-likeness (QED) is 0.569. The van der Waals surface area contributed by atoms with Crippen molar-refractivity contribution in [3.8, 4) is 17.2 Å². The monoisotopic (exact) mass is 436 g/mol. The van der Waals surface area contributed by atoms with Crippen molar-refractivity contribution >= 4 is 5.91 Å². The number of nitrogens with zero attached hydrogens (tertiary/aromatic N) is 4. The van der Waals surface area contributed by atoms with E-state index in [0.717, 1.165) is 24.3 Å². The molecule has 0 aliphatic carbocycles. The Hall–Kier alpha value is -3.63. The van der Waals surface area contributed by atoms with Gasteiger partial charge in [-0.3, -0.25) is 4.79 Å². The van der Waals surface area contributed by atoms with Crippen LogP contribution in [-0.4, -0.2) is 39.1 Å². The number of amides is 1. The molecule has 1 aliphatic heterocycles. The summed E-state index contributed by atoms with van der Waals surface area (Å²) in [5, 5.41) is 7.03. The fourth-order valence-corrected chi connectivity index (χ4v) is 3.18. The number of ether oxygens (including phenoxy) is 2. The van der Waals surface area contributed by atoms with Crippen LogP contribution < -0.4 is 9.47 Å². The second-order valence-corrected chi connectivity index (χ2v) is 6.68. The number of rotatable bonds is 5. The van der Waals surface area contributed by atoms with Crippen molar-refractivity contribution in [1.29, 1.82) is 0 Å². The maximum absolute atomic E-state index is 13.8. The number of hydrogen-bond acceptors (Lipinski definition) is 5. The molecule has 162 valence electrons. The number of benzene rings is 2. The summed E-state index contributed by atoms with van der Waals surface area (Å²) in [4.78, 5) is 14.2. The Balaban J connectivity index is 1.67. The maximum atomic E-state index is 13.8. The van der Waals surface area contributed by atoms with Gasteiger partial charge in [-0.1, -0.05) is 11.3 Å². The molecule has 31 heavy (non-hydrogen) atoms. The third-order valence-corrected chi connectivity index (χ3v) is 4.69. The molecule has 0 radical (unpaired) electrons. The number of fused-ring (bicyclic) bond motifs is 1. The van der Waals surface area contributed by atoms with Gasteiger partial charge in [0.25, 0.3) is 5.91 Å². The van der Waals surface area contributed by atoms with E-state index in [1.165, 1.54) is 4.90 Å². The van der Waals surface area contributed by atoms with Crippen molar-refractivity contribution in [3.63, 3.8) is 0 Å². The first-order chi connectivity index (χ1) is 14.8. The third-order valence-electron chi connectivity index (χ3n) is 4.69. The third kappa shape index (κ3) is 4.03. The van der Waals surface area contributed by atoms with E-state index in [0.29, 0.717) is 21.7 Å². The average molecular weight is 436 g/mol. The van der Waals surface area contributed by atoms with Gasteiger partial charge in [0.05, 0.1) is 5.69 Å². The molecule has 2 aromatic carbocycles. The van der Waals surface area contributed by atoms with Gasteiger partial charge in [-0.05, 0) is 48.9 Å². The van der Waals surface area contributed by atoms with Crippen molar-refractivity contribution in [2.24, 2.45) is 0 Å². The molecule has 0 bridgehead atoms. The molecule has 1 aromatic heterocycles. The first-order valence-corrected chi connectivity index (χ1v) is 9.24. The summed E-state index contributed by atoms with van der Waals surface area (Å²) < 4.78 is 65.7. The van der Waals surface area contributed by atoms with E-state index in [4.69, 9.17) is 9.47 Å². The lowest BCUT2D eigenvalue weighted by atomic mass is 10.1. The van der Waals surface area contributed by atoms with Crippen molar-refractivity contribution in [3.05, 3.63) is 65.2 Å². The Bertz CT molecular complexity index is 1110. The minimum Gasteiger partial charge on any atom is -0.454 e. The summed E-state index contributed by atoms with van der Waals surface area (Å²) >= 11 is 0. The molecule has 0 saturated heterocycles. The molecule has 0 N–H and O–H groups in total. The van der Waals surface area contributed by atoms with Gasteiger partial charge < -0.3 is 14.4 Å². The molecule has 3 aromatic rings. The van der Waals surface area contributed by atoms with E-state index in [9.17, 15) is 22.4 Å². The summed E-state index contributed by atoms with van der Waals surface area (Å²) in [5.41, 5.74) is -1.58. The zero-order valence-corrected chi connectivity index (χ0v) is 16.2. The van der Waals surface area contributed by atoms with Crippen LogP contribution in [-0.2, 0) is 12.7 Å². The van der Waals surface area contributed by atoms with Gasteiger partial charge in [0.2, 0.25) is 6.79 Å². The number of carbonyl (C=O) groups excluding carboxylic acids is 1. The maximum Gasteiger partial charge on any atom is 0.435 e. The fraction of sp³-hybridized carbons (Fsp3) is 0.250. The Morgan fingerprint density at radius 3 is 2.52 bits per heavy atom.